The SMILES string of the molecule is CC(C)N1CCN(C2CCN(C(=O)Nc3cccc4c3CCN(C)C4=O)C2)CC1. The van der Waals surface area contributed by atoms with Gasteiger partial charge in [-0.3, -0.25) is 14.6 Å². The molecule has 0 aliphatic carbocycles. The van der Waals surface area contributed by atoms with E-state index < -0.39 is 0 Å². The Balaban J connectivity index is 1.36. The molecule has 0 aromatic heterocycles. The molecule has 7 heteroatoms. The largest absolute Gasteiger partial charge is 0.341 e. The molecular formula is C22H33N5O2. The molecule has 2 fully saturated rings. The van der Waals surface area contributed by atoms with E-state index in [0.717, 1.165) is 63.4 Å². The highest BCUT2D eigenvalue weighted by atomic mass is 16.2. The van der Waals surface area contributed by atoms with Gasteiger partial charge in [0.2, 0.25) is 0 Å². The Labute approximate surface area is 173 Å². The average molecular weight is 400 g/mol. The molecule has 0 bridgehead atoms. The molecule has 3 amide bonds. The summed E-state index contributed by atoms with van der Waals surface area (Å²) in [4.78, 5) is 34.0. The molecule has 0 saturated carbocycles. The van der Waals surface area contributed by atoms with Crippen LogP contribution >= 0.6 is 0 Å². The number of likely N-dealkylation sites (N-methyl/N-ethyl adjacent to an activating group) is 1. The Morgan fingerprint density at radius 1 is 1.10 bits per heavy atom. The topological polar surface area (TPSA) is 59.1 Å². The molecule has 1 atom stereocenters. The van der Waals surface area contributed by atoms with Crippen LogP contribution < -0.4 is 5.32 Å². The molecule has 1 aromatic carbocycles. The highest BCUT2D eigenvalue weighted by Crippen LogP contribution is 2.27. The van der Waals surface area contributed by atoms with Crippen LogP contribution in [-0.4, -0.2) is 96.5 Å². The summed E-state index contributed by atoms with van der Waals surface area (Å²) in [5, 5.41) is 3.08. The van der Waals surface area contributed by atoms with Crippen molar-refractivity contribution in [3.8, 4) is 0 Å². The maximum absolute atomic E-state index is 12.9. The number of hydrogen-bond donors (Lipinski definition) is 1. The summed E-state index contributed by atoms with van der Waals surface area (Å²) in [5.41, 5.74) is 2.45. The zero-order valence-electron chi connectivity index (χ0n) is 17.9. The van der Waals surface area contributed by atoms with Crippen LogP contribution in [0.4, 0.5) is 10.5 Å². The van der Waals surface area contributed by atoms with E-state index in [0.29, 0.717) is 24.2 Å². The van der Waals surface area contributed by atoms with E-state index in [9.17, 15) is 9.59 Å². The molecular weight excluding hydrogens is 366 g/mol. The van der Waals surface area contributed by atoms with E-state index in [2.05, 4.69) is 29.0 Å². The van der Waals surface area contributed by atoms with Crippen LogP contribution in [0.2, 0.25) is 0 Å². The molecule has 3 aliphatic rings. The zero-order valence-corrected chi connectivity index (χ0v) is 17.9. The number of anilines is 1. The minimum Gasteiger partial charge on any atom is -0.341 e. The normalized spacial score (nSPS) is 23.6. The Kier molecular flexibility index (Phi) is 5.79. The lowest BCUT2D eigenvalue weighted by Gasteiger charge is -2.39. The first-order chi connectivity index (χ1) is 13.9. The van der Waals surface area contributed by atoms with Crippen LogP contribution in [0.1, 0.15) is 36.2 Å². The third-order valence-electron chi connectivity index (χ3n) is 6.74. The fraction of sp³-hybridized carbons (Fsp3) is 0.636. The van der Waals surface area contributed by atoms with Gasteiger partial charge in [-0.25, -0.2) is 4.79 Å². The molecule has 2 saturated heterocycles. The van der Waals surface area contributed by atoms with Crippen molar-refractivity contribution in [3.63, 3.8) is 0 Å². The molecule has 3 aliphatic heterocycles. The first kappa shape index (κ1) is 20.2. The first-order valence-electron chi connectivity index (χ1n) is 10.9. The van der Waals surface area contributed by atoms with Crippen LogP contribution in [-0.2, 0) is 6.42 Å². The van der Waals surface area contributed by atoms with Gasteiger partial charge in [-0.2, -0.15) is 0 Å². The summed E-state index contributed by atoms with van der Waals surface area (Å²) in [5.74, 6) is 0.0316. The summed E-state index contributed by atoms with van der Waals surface area (Å²) in [6.07, 6.45) is 1.81. The number of nitrogens with one attached hydrogen (secondary N) is 1. The van der Waals surface area contributed by atoms with Crippen LogP contribution in [0.5, 0.6) is 0 Å². The van der Waals surface area contributed by atoms with Gasteiger partial charge in [0.25, 0.3) is 5.91 Å². The van der Waals surface area contributed by atoms with Crippen molar-refractivity contribution in [1.29, 1.82) is 0 Å². The van der Waals surface area contributed by atoms with Crippen LogP contribution in [0, 0.1) is 0 Å². The lowest BCUT2D eigenvalue weighted by molar-refractivity contribution is 0.0781. The van der Waals surface area contributed by atoms with E-state index in [4.69, 9.17) is 0 Å². The third kappa shape index (κ3) is 4.12. The molecule has 0 spiro atoms. The minimum atomic E-state index is -0.0481. The van der Waals surface area contributed by atoms with E-state index >= 15 is 0 Å². The molecule has 1 unspecified atom stereocenters. The van der Waals surface area contributed by atoms with Gasteiger partial charge < -0.3 is 15.1 Å². The average Bonchev–Trinajstić information content (AvgIpc) is 3.21. The zero-order chi connectivity index (χ0) is 20.5. The second kappa shape index (κ2) is 8.32. The monoisotopic (exact) mass is 399 g/mol. The maximum atomic E-state index is 12.9. The van der Waals surface area contributed by atoms with Crippen molar-refractivity contribution < 1.29 is 9.59 Å². The Hall–Kier alpha value is -2.12. The van der Waals surface area contributed by atoms with Crippen molar-refractivity contribution in [1.82, 2.24) is 19.6 Å². The van der Waals surface area contributed by atoms with Gasteiger partial charge in [0.05, 0.1) is 0 Å². The number of urea groups is 1. The van der Waals surface area contributed by atoms with Gasteiger partial charge in [-0.1, -0.05) is 6.07 Å². The first-order valence-corrected chi connectivity index (χ1v) is 10.9. The summed E-state index contributed by atoms with van der Waals surface area (Å²) in [6.45, 7) is 11.2. The smallest absolute Gasteiger partial charge is 0.321 e. The van der Waals surface area contributed by atoms with E-state index in [-0.39, 0.29) is 11.9 Å². The Bertz CT molecular complexity index is 772. The number of nitrogens with zero attached hydrogens (tertiary/aromatic N) is 4. The Morgan fingerprint density at radius 2 is 1.86 bits per heavy atom. The standard InChI is InChI=1S/C22H33N5O2/c1-16(2)25-11-13-26(14-12-25)17-7-10-27(15-17)22(29)23-20-6-4-5-19-18(20)8-9-24(3)21(19)28/h4-6,16-17H,7-15H2,1-3H3,(H,23,29). The molecule has 4 rings (SSSR count). The van der Waals surface area contributed by atoms with Gasteiger partial charge in [0.1, 0.15) is 0 Å². The predicted molar refractivity (Wildman–Crippen MR) is 114 cm³/mol. The second-order valence-corrected chi connectivity index (χ2v) is 8.79. The summed E-state index contributed by atoms with van der Waals surface area (Å²) >= 11 is 0. The van der Waals surface area contributed by atoms with E-state index in [1.807, 2.05) is 30.1 Å². The summed E-state index contributed by atoms with van der Waals surface area (Å²) < 4.78 is 0. The molecule has 3 heterocycles. The number of rotatable bonds is 3. The number of fused-ring (bicyclic) bond motifs is 1. The predicted octanol–water partition coefficient (Wildman–Crippen LogP) is 1.95. The number of carbonyl (C=O) groups excluding carboxylic acids is 2. The molecule has 1 N–H and O–H groups in total. The number of amides is 3. The third-order valence-corrected chi connectivity index (χ3v) is 6.74. The number of piperazine rings is 1. The van der Waals surface area contributed by atoms with E-state index in [1.54, 1.807) is 4.90 Å². The Morgan fingerprint density at radius 3 is 2.59 bits per heavy atom. The second-order valence-electron chi connectivity index (χ2n) is 8.79. The maximum Gasteiger partial charge on any atom is 0.321 e. The van der Waals surface area contributed by atoms with Crippen molar-refractivity contribution in [2.24, 2.45) is 0 Å². The molecule has 158 valence electrons. The summed E-state index contributed by atoms with van der Waals surface area (Å²) in [6, 6.07) is 6.63. The van der Waals surface area contributed by atoms with Crippen LogP contribution in [0.25, 0.3) is 0 Å². The van der Waals surface area contributed by atoms with Gasteiger partial charge >= 0.3 is 6.03 Å². The van der Waals surface area contributed by atoms with Gasteiger partial charge in [-0.05, 0) is 44.4 Å². The van der Waals surface area contributed by atoms with Crippen molar-refractivity contribution in [3.05, 3.63) is 29.3 Å². The lowest BCUT2D eigenvalue weighted by Crippen LogP contribution is -2.52. The molecule has 0 radical (unpaired) electrons. The number of benzene rings is 1. The van der Waals surface area contributed by atoms with Crippen molar-refractivity contribution >= 4 is 17.6 Å². The van der Waals surface area contributed by atoms with Crippen LogP contribution in [0.3, 0.4) is 0 Å². The van der Waals surface area contributed by atoms with Crippen molar-refractivity contribution in [2.45, 2.75) is 38.8 Å². The van der Waals surface area contributed by atoms with Crippen molar-refractivity contribution in [2.75, 3.05) is 58.2 Å². The van der Waals surface area contributed by atoms with Gasteiger partial charge in [-0.15, -0.1) is 0 Å². The van der Waals surface area contributed by atoms with Gasteiger partial charge in [0.15, 0.2) is 0 Å². The molecule has 29 heavy (non-hydrogen) atoms. The molecule has 7 nitrogen and oxygen atoms in total. The number of likely N-dealkylation sites (tertiary alicyclic amines) is 1. The highest BCUT2D eigenvalue weighted by molar-refractivity contribution is 6.00. The van der Waals surface area contributed by atoms with E-state index in [1.165, 1.54) is 0 Å². The highest BCUT2D eigenvalue weighted by Gasteiger charge is 2.33. The fourth-order valence-corrected chi connectivity index (χ4v) is 4.80. The minimum absolute atomic E-state index is 0.0316. The lowest BCUT2D eigenvalue weighted by atomic mass is 9.97. The quantitative estimate of drug-likeness (QED) is 0.844. The number of carbonyl (C=O) groups is 2. The molecule has 1 aromatic rings. The van der Waals surface area contributed by atoms with Gasteiger partial charge in [0, 0.05) is 76.2 Å². The summed E-state index contributed by atoms with van der Waals surface area (Å²) in [7, 11) is 1.82. The van der Waals surface area contributed by atoms with Crippen LogP contribution in [0.15, 0.2) is 18.2 Å². The fourth-order valence-electron chi connectivity index (χ4n) is 4.80. The number of hydrogen-bond acceptors (Lipinski definition) is 4.